The first-order valence-corrected chi connectivity index (χ1v) is 6.86. The lowest BCUT2D eigenvalue weighted by molar-refractivity contribution is 0.362. The van der Waals surface area contributed by atoms with Crippen molar-refractivity contribution in [3.8, 4) is 0 Å². The van der Waals surface area contributed by atoms with E-state index in [1.165, 1.54) is 10.5 Å². The van der Waals surface area contributed by atoms with Crippen LogP contribution >= 0.6 is 11.8 Å². The van der Waals surface area contributed by atoms with Gasteiger partial charge in [-0.25, -0.2) is 0 Å². The van der Waals surface area contributed by atoms with Crippen molar-refractivity contribution in [1.29, 1.82) is 0 Å². The Hall–Kier alpha value is -1.49. The van der Waals surface area contributed by atoms with Gasteiger partial charge in [-0.05, 0) is 30.7 Å². The first kappa shape index (κ1) is 13.0. The van der Waals surface area contributed by atoms with Crippen LogP contribution in [-0.2, 0) is 5.75 Å². The van der Waals surface area contributed by atoms with Crippen molar-refractivity contribution in [2.24, 2.45) is 0 Å². The Kier molecular flexibility index (Phi) is 3.91. The zero-order chi connectivity index (χ0) is 13.1. The molecule has 1 aromatic carbocycles. The van der Waals surface area contributed by atoms with Gasteiger partial charge in [-0.1, -0.05) is 19.0 Å². The molecule has 0 radical (unpaired) electrons. The zero-order valence-corrected chi connectivity index (χ0v) is 11.6. The summed E-state index contributed by atoms with van der Waals surface area (Å²) >= 11 is 1.69. The molecule has 0 fully saturated rings. The third kappa shape index (κ3) is 3.04. The van der Waals surface area contributed by atoms with Gasteiger partial charge in [-0.3, -0.25) is 0 Å². The molecule has 0 bridgehead atoms. The SMILES string of the molecule is Cc1cc(N)ccc1SCc1noc(C(C)C)n1. The van der Waals surface area contributed by atoms with E-state index in [2.05, 4.69) is 17.1 Å². The van der Waals surface area contributed by atoms with E-state index in [9.17, 15) is 0 Å². The Balaban J connectivity index is 2.02. The molecule has 18 heavy (non-hydrogen) atoms. The van der Waals surface area contributed by atoms with Crippen LogP contribution in [0.4, 0.5) is 5.69 Å². The average Bonchev–Trinajstić information content (AvgIpc) is 2.76. The fraction of sp³-hybridized carbons (Fsp3) is 0.385. The average molecular weight is 263 g/mol. The largest absolute Gasteiger partial charge is 0.399 e. The Morgan fingerprint density at radius 2 is 2.17 bits per heavy atom. The van der Waals surface area contributed by atoms with Crippen LogP contribution < -0.4 is 5.73 Å². The smallest absolute Gasteiger partial charge is 0.229 e. The topological polar surface area (TPSA) is 64.9 Å². The number of nitrogen functional groups attached to an aromatic ring is 1. The van der Waals surface area contributed by atoms with E-state index >= 15 is 0 Å². The van der Waals surface area contributed by atoms with Crippen LogP contribution in [0.3, 0.4) is 0 Å². The maximum absolute atomic E-state index is 5.72. The monoisotopic (exact) mass is 263 g/mol. The first-order valence-electron chi connectivity index (χ1n) is 5.87. The number of aromatic nitrogens is 2. The van der Waals surface area contributed by atoms with Gasteiger partial charge in [-0.15, -0.1) is 11.8 Å². The van der Waals surface area contributed by atoms with Crippen molar-refractivity contribution in [3.63, 3.8) is 0 Å². The summed E-state index contributed by atoms with van der Waals surface area (Å²) in [6, 6.07) is 5.90. The number of hydrogen-bond acceptors (Lipinski definition) is 5. The van der Waals surface area contributed by atoms with Gasteiger partial charge in [-0.2, -0.15) is 4.98 Å². The molecule has 0 saturated carbocycles. The molecule has 1 heterocycles. The van der Waals surface area contributed by atoms with E-state index in [0.717, 1.165) is 11.5 Å². The highest BCUT2D eigenvalue weighted by molar-refractivity contribution is 7.98. The van der Waals surface area contributed by atoms with Crippen LogP contribution in [-0.4, -0.2) is 10.1 Å². The third-order valence-corrected chi connectivity index (χ3v) is 3.71. The van der Waals surface area contributed by atoms with Crippen molar-refractivity contribution in [2.45, 2.75) is 37.3 Å². The fourth-order valence-corrected chi connectivity index (χ4v) is 2.39. The summed E-state index contributed by atoms with van der Waals surface area (Å²) in [5, 5.41) is 3.97. The summed E-state index contributed by atoms with van der Waals surface area (Å²) in [4.78, 5) is 5.54. The second kappa shape index (κ2) is 5.44. The number of aryl methyl sites for hydroxylation is 1. The summed E-state index contributed by atoms with van der Waals surface area (Å²) in [5.41, 5.74) is 7.69. The van der Waals surface area contributed by atoms with Gasteiger partial charge in [0.2, 0.25) is 5.89 Å². The normalized spacial score (nSPS) is 11.1. The minimum Gasteiger partial charge on any atom is -0.399 e. The highest BCUT2D eigenvalue weighted by Gasteiger charge is 2.10. The van der Waals surface area contributed by atoms with E-state index in [0.29, 0.717) is 11.6 Å². The maximum Gasteiger partial charge on any atom is 0.229 e. The molecular formula is C13H17N3OS. The lowest BCUT2D eigenvalue weighted by atomic mass is 10.2. The fourth-order valence-electron chi connectivity index (χ4n) is 1.54. The van der Waals surface area contributed by atoms with E-state index in [-0.39, 0.29) is 5.92 Å². The van der Waals surface area contributed by atoms with Gasteiger partial charge in [0.25, 0.3) is 0 Å². The number of nitrogens with zero attached hydrogens (tertiary/aromatic N) is 2. The second-order valence-electron chi connectivity index (χ2n) is 4.52. The summed E-state index contributed by atoms with van der Waals surface area (Å²) < 4.78 is 5.17. The second-order valence-corrected chi connectivity index (χ2v) is 5.53. The minimum absolute atomic E-state index is 0.273. The molecule has 2 aromatic rings. The van der Waals surface area contributed by atoms with E-state index in [1.807, 2.05) is 32.0 Å². The minimum atomic E-state index is 0.273. The molecule has 0 aliphatic heterocycles. The quantitative estimate of drug-likeness (QED) is 0.676. The van der Waals surface area contributed by atoms with Gasteiger partial charge in [0.05, 0.1) is 5.75 Å². The highest BCUT2D eigenvalue weighted by atomic mass is 32.2. The number of nitrogens with two attached hydrogens (primary N) is 1. The van der Waals surface area contributed by atoms with Crippen LogP contribution in [0.25, 0.3) is 0 Å². The summed E-state index contributed by atoms with van der Waals surface area (Å²) in [5.74, 6) is 2.41. The van der Waals surface area contributed by atoms with Gasteiger partial charge in [0.1, 0.15) is 0 Å². The number of anilines is 1. The molecule has 2 rings (SSSR count). The molecule has 0 aliphatic carbocycles. The number of benzene rings is 1. The maximum atomic E-state index is 5.72. The standard InChI is InChI=1S/C13H17N3OS/c1-8(2)13-15-12(16-17-13)7-18-11-5-4-10(14)6-9(11)3/h4-6,8H,7,14H2,1-3H3. The number of hydrogen-bond donors (Lipinski definition) is 1. The Labute approximate surface area is 111 Å². The van der Waals surface area contributed by atoms with Crippen LogP contribution in [0.2, 0.25) is 0 Å². The Morgan fingerprint density at radius 3 is 2.78 bits per heavy atom. The van der Waals surface area contributed by atoms with E-state index < -0.39 is 0 Å². The van der Waals surface area contributed by atoms with Gasteiger partial charge < -0.3 is 10.3 Å². The van der Waals surface area contributed by atoms with Crippen molar-refractivity contribution in [1.82, 2.24) is 10.1 Å². The van der Waals surface area contributed by atoms with Crippen LogP contribution in [0.1, 0.15) is 37.0 Å². The Morgan fingerprint density at radius 1 is 1.39 bits per heavy atom. The van der Waals surface area contributed by atoms with E-state index in [4.69, 9.17) is 10.3 Å². The van der Waals surface area contributed by atoms with Crippen molar-refractivity contribution in [3.05, 3.63) is 35.5 Å². The van der Waals surface area contributed by atoms with Gasteiger partial charge in [0.15, 0.2) is 5.82 Å². The molecule has 4 nitrogen and oxygen atoms in total. The number of thioether (sulfide) groups is 1. The van der Waals surface area contributed by atoms with Crippen LogP contribution in [0.5, 0.6) is 0 Å². The molecule has 0 spiro atoms. The van der Waals surface area contributed by atoms with Crippen molar-refractivity contribution < 1.29 is 4.52 Å². The van der Waals surface area contributed by atoms with Gasteiger partial charge in [0, 0.05) is 16.5 Å². The lowest BCUT2D eigenvalue weighted by Gasteiger charge is -2.04. The van der Waals surface area contributed by atoms with Gasteiger partial charge >= 0.3 is 0 Å². The number of rotatable bonds is 4. The molecule has 5 heteroatoms. The molecule has 0 unspecified atom stereocenters. The van der Waals surface area contributed by atoms with Crippen molar-refractivity contribution in [2.75, 3.05) is 5.73 Å². The molecule has 96 valence electrons. The molecule has 0 amide bonds. The molecular weight excluding hydrogens is 246 g/mol. The molecule has 0 saturated heterocycles. The molecule has 2 N–H and O–H groups in total. The van der Waals surface area contributed by atoms with Crippen molar-refractivity contribution >= 4 is 17.4 Å². The summed E-state index contributed by atoms with van der Waals surface area (Å²) in [6.45, 7) is 6.12. The summed E-state index contributed by atoms with van der Waals surface area (Å²) in [6.07, 6.45) is 0. The van der Waals surface area contributed by atoms with E-state index in [1.54, 1.807) is 11.8 Å². The molecule has 1 aromatic heterocycles. The first-order chi connectivity index (χ1) is 8.56. The molecule has 0 aliphatic rings. The highest BCUT2D eigenvalue weighted by Crippen LogP contribution is 2.26. The van der Waals surface area contributed by atoms with Crippen LogP contribution in [0.15, 0.2) is 27.6 Å². The molecule has 0 atom stereocenters. The summed E-state index contributed by atoms with van der Waals surface area (Å²) in [7, 11) is 0. The predicted octanol–water partition coefficient (Wildman–Crippen LogP) is 3.38. The Bertz CT molecular complexity index is 537. The third-order valence-electron chi connectivity index (χ3n) is 2.53. The predicted molar refractivity (Wildman–Crippen MR) is 73.5 cm³/mol. The zero-order valence-electron chi connectivity index (χ0n) is 10.8. The lowest BCUT2D eigenvalue weighted by Crippen LogP contribution is -1.90. The van der Waals surface area contributed by atoms with Crippen LogP contribution in [0, 0.1) is 6.92 Å².